The van der Waals surface area contributed by atoms with Crippen molar-refractivity contribution in [2.24, 2.45) is 0 Å². The Kier molecular flexibility index (Phi) is 3.87. The van der Waals surface area contributed by atoms with E-state index in [9.17, 15) is 8.78 Å². The lowest BCUT2D eigenvalue weighted by Gasteiger charge is -2.15. The number of hydrogen-bond acceptors (Lipinski definition) is 1. The quantitative estimate of drug-likeness (QED) is 0.474. The zero-order valence-corrected chi connectivity index (χ0v) is 9.08. The van der Waals surface area contributed by atoms with Crippen molar-refractivity contribution in [2.45, 2.75) is 19.0 Å². The van der Waals surface area contributed by atoms with Crippen molar-refractivity contribution in [3.63, 3.8) is 0 Å². The molecule has 0 amide bonds. The fourth-order valence-corrected chi connectivity index (χ4v) is 1.93. The molecule has 1 unspecified atom stereocenters. The van der Waals surface area contributed by atoms with E-state index in [1.165, 1.54) is 0 Å². The molecule has 0 rings (SSSR count). The van der Waals surface area contributed by atoms with Crippen molar-refractivity contribution >= 4 is 29.2 Å². The van der Waals surface area contributed by atoms with E-state index < -0.39 is 14.1 Å². The predicted molar refractivity (Wildman–Crippen MR) is 39.3 cm³/mol. The van der Waals surface area contributed by atoms with Crippen LogP contribution in [-0.2, 0) is 4.12 Å². The summed E-state index contributed by atoms with van der Waals surface area (Å²) < 4.78 is 28.0. The van der Waals surface area contributed by atoms with Gasteiger partial charge in [-0.15, -0.1) is 11.1 Å². The van der Waals surface area contributed by atoms with Crippen LogP contribution in [0.4, 0.5) is 8.78 Å². The summed E-state index contributed by atoms with van der Waals surface area (Å²) in [5.41, 5.74) is 0. The van der Waals surface area contributed by atoms with Crippen LogP contribution in [-0.4, -0.2) is 24.5 Å². The Bertz CT molecular complexity index is 89.9. The lowest BCUT2D eigenvalue weighted by molar-refractivity contribution is 0.167. The smallest absolute Gasteiger partial charge is 0.282 e. The average Bonchev–Trinajstić information content (AvgIpc) is 1.63. The summed E-state index contributed by atoms with van der Waals surface area (Å²) in [6, 6.07) is -0.266. The first kappa shape index (κ1) is 9.54. The van der Waals surface area contributed by atoms with Crippen LogP contribution in [0.25, 0.3) is 0 Å². The lowest BCUT2D eigenvalue weighted by atomic mass is 10.9. The summed E-state index contributed by atoms with van der Waals surface area (Å²) in [6.07, 6.45) is -2.33. The normalized spacial score (nSPS) is 18.3. The summed E-state index contributed by atoms with van der Waals surface area (Å²) in [7, 11) is -2.01. The van der Waals surface area contributed by atoms with E-state index in [0.717, 1.165) is 0 Å². The topological polar surface area (TPSA) is 9.23 Å². The first-order valence-corrected chi connectivity index (χ1v) is 6.94. The van der Waals surface area contributed by atoms with E-state index >= 15 is 0 Å². The maximum Gasteiger partial charge on any atom is 0.282 e. The molecule has 0 heterocycles. The molecule has 56 valence electrons. The Labute approximate surface area is 61.7 Å². The van der Waals surface area contributed by atoms with Gasteiger partial charge in [-0.25, -0.2) is 8.78 Å². The second-order valence-electron chi connectivity index (χ2n) is 1.90. The molecule has 0 aromatic heterocycles. The maximum absolute atomic E-state index is 11.6. The van der Waals surface area contributed by atoms with Crippen molar-refractivity contribution in [3.8, 4) is 0 Å². The maximum atomic E-state index is 11.6. The Balaban J connectivity index is 3.58. The van der Waals surface area contributed by atoms with Gasteiger partial charge in [0.25, 0.3) is 7.63 Å². The van der Waals surface area contributed by atoms with E-state index in [1.807, 2.05) is 0 Å². The molecule has 1 atom stereocenters. The van der Waals surface area contributed by atoms with Crippen molar-refractivity contribution in [2.75, 3.05) is 0 Å². The standard InChI is InChI=1S/C3H9ClF2OSi2/c1-9(4,7-8)2-3(5)6/h3H,2H2,1,8H3. The molecule has 0 saturated heterocycles. The third-order valence-electron chi connectivity index (χ3n) is 0.945. The molecular weight excluding hydrogens is 182 g/mol. The Morgan fingerprint density at radius 1 is 1.78 bits per heavy atom. The molecule has 0 bridgehead atoms. The van der Waals surface area contributed by atoms with Gasteiger partial charge in [0.15, 0.2) is 0 Å². The molecule has 0 aromatic rings. The molecule has 0 N–H and O–H groups in total. The highest BCUT2D eigenvalue weighted by Gasteiger charge is 2.28. The Morgan fingerprint density at radius 2 is 2.22 bits per heavy atom. The van der Waals surface area contributed by atoms with E-state index in [4.69, 9.17) is 15.2 Å². The molecule has 0 aliphatic heterocycles. The van der Waals surface area contributed by atoms with E-state index in [0.29, 0.717) is 10.5 Å². The Morgan fingerprint density at radius 3 is 2.33 bits per heavy atom. The van der Waals surface area contributed by atoms with Gasteiger partial charge in [-0.05, 0) is 6.55 Å². The lowest BCUT2D eigenvalue weighted by Crippen LogP contribution is -2.28. The third-order valence-corrected chi connectivity index (χ3v) is 7.24. The molecule has 9 heavy (non-hydrogen) atoms. The molecule has 0 aliphatic rings. The van der Waals surface area contributed by atoms with Gasteiger partial charge in [0.05, 0.1) is 0 Å². The van der Waals surface area contributed by atoms with Crippen LogP contribution in [0.5, 0.6) is 0 Å². The zero-order valence-electron chi connectivity index (χ0n) is 5.33. The van der Waals surface area contributed by atoms with Crippen LogP contribution in [0.1, 0.15) is 0 Å². The van der Waals surface area contributed by atoms with E-state index in [-0.39, 0.29) is 6.04 Å². The van der Waals surface area contributed by atoms with Crippen LogP contribution in [0, 0.1) is 0 Å². The second kappa shape index (κ2) is 3.65. The zero-order chi connectivity index (χ0) is 7.49. The number of rotatable bonds is 3. The second-order valence-corrected chi connectivity index (χ2v) is 8.54. The van der Waals surface area contributed by atoms with Crippen LogP contribution < -0.4 is 0 Å². The van der Waals surface area contributed by atoms with Gasteiger partial charge in [-0.2, -0.15) is 0 Å². The number of hydrogen-bond donors (Lipinski definition) is 0. The summed E-state index contributed by atoms with van der Waals surface area (Å²) in [4.78, 5) is 0. The third kappa shape index (κ3) is 5.01. The van der Waals surface area contributed by atoms with Gasteiger partial charge in [0.2, 0.25) is 6.43 Å². The molecule has 0 fully saturated rings. The fourth-order valence-electron chi connectivity index (χ4n) is 0.359. The SMILES string of the molecule is C[Si](Cl)(CC(F)F)O[SiH3]. The van der Waals surface area contributed by atoms with E-state index in [1.54, 1.807) is 6.55 Å². The molecule has 0 aromatic carbocycles. The molecule has 0 spiro atoms. The highest BCUT2D eigenvalue weighted by Crippen LogP contribution is 2.19. The van der Waals surface area contributed by atoms with Crippen molar-refractivity contribution in [1.82, 2.24) is 0 Å². The number of alkyl halides is 2. The van der Waals surface area contributed by atoms with Crippen molar-refractivity contribution < 1.29 is 12.9 Å². The van der Waals surface area contributed by atoms with Crippen molar-refractivity contribution in [1.29, 1.82) is 0 Å². The Hall–Kier alpha value is 0.544. The van der Waals surface area contributed by atoms with Crippen LogP contribution in [0.2, 0.25) is 12.6 Å². The summed E-state index contributed by atoms with van der Waals surface area (Å²) >= 11 is 5.59. The number of halogens is 3. The van der Waals surface area contributed by atoms with Crippen LogP contribution >= 0.6 is 11.1 Å². The molecule has 0 saturated carbocycles. The summed E-state index contributed by atoms with van der Waals surface area (Å²) in [6.45, 7) is 1.58. The fraction of sp³-hybridized carbons (Fsp3) is 1.00. The van der Waals surface area contributed by atoms with Crippen LogP contribution in [0.3, 0.4) is 0 Å². The van der Waals surface area contributed by atoms with Crippen LogP contribution in [0.15, 0.2) is 0 Å². The molecular formula is C3H9ClF2OSi2. The first-order chi connectivity index (χ1) is 3.98. The van der Waals surface area contributed by atoms with Gasteiger partial charge in [0, 0.05) is 6.04 Å². The molecule has 6 heteroatoms. The largest absolute Gasteiger partial charge is 0.453 e. The highest BCUT2D eigenvalue weighted by molar-refractivity contribution is 7.16. The van der Waals surface area contributed by atoms with Gasteiger partial charge in [-0.1, -0.05) is 0 Å². The van der Waals surface area contributed by atoms with E-state index in [2.05, 4.69) is 0 Å². The van der Waals surface area contributed by atoms with Gasteiger partial charge in [0.1, 0.15) is 10.5 Å². The monoisotopic (exact) mass is 190 g/mol. The minimum Gasteiger partial charge on any atom is -0.453 e. The van der Waals surface area contributed by atoms with Gasteiger partial charge >= 0.3 is 0 Å². The molecule has 0 radical (unpaired) electrons. The minimum atomic E-state index is -2.46. The highest BCUT2D eigenvalue weighted by atomic mass is 35.6. The molecule has 0 aliphatic carbocycles. The average molecular weight is 191 g/mol. The van der Waals surface area contributed by atoms with Gasteiger partial charge in [-0.3, -0.25) is 0 Å². The van der Waals surface area contributed by atoms with Gasteiger partial charge < -0.3 is 4.12 Å². The summed E-state index contributed by atoms with van der Waals surface area (Å²) in [5, 5.41) is 0. The minimum absolute atomic E-state index is 0.266. The van der Waals surface area contributed by atoms with Crippen molar-refractivity contribution in [3.05, 3.63) is 0 Å². The molecule has 1 nitrogen and oxygen atoms in total. The predicted octanol–water partition coefficient (Wildman–Crippen LogP) is 0.859. The summed E-state index contributed by atoms with van der Waals surface area (Å²) in [5.74, 6) is 0. The first-order valence-electron chi connectivity index (χ1n) is 2.50.